The molecule has 1 rings (SSSR count). The van der Waals surface area contributed by atoms with Gasteiger partial charge in [0.1, 0.15) is 6.61 Å². The molecule has 0 spiro atoms. The second-order valence-electron chi connectivity index (χ2n) is 3.93. The molecule has 0 bridgehead atoms. The molecule has 0 unspecified atom stereocenters. The van der Waals surface area contributed by atoms with Gasteiger partial charge < -0.3 is 4.74 Å². The molecule has 0 fully saturated rings. The molecule has 5 heteroatoms. The number of rotatable bonds is 5. The Hall–Kier alpha value is -1.88. The summed E-state index contributed by atoms with van der Waals surface area (Å²) in [6.07, 6.45) is 1.52. The van der Waals surface area contributed by atoms with E-state index in [1.807, 2.05) is 0 Å². The van der Waals surface area contributed by atoms with E-state index >= 15 is 0 Å². The molecule has 0 atom stereocenters. The fourth-order valence-electron chi connectivity index (χ4n) is 1.35. The number of hydrogen-bond donors (Lipinski definition) is 0. The molecule has 19 heavy (non-hydrogen) atoms. The van der Waals surface area contributed by atoms with Crippen LogP contribution in [0.3, 0.4) is 0 Å². The summed E-state index contributed by atoms with van der Waals surface area (Å²) in [6, 6.07) is 8.07. The Bertz CT molecular complexity index is 598. The first kappa shape index (κ1) is 15.2. The van der Waals surface area contributed by atoms with Crippen molar-refractivity contribution in [2.24, 2.45) is 0 Å². The minimum absolute atomic E-state index is 0.00542. The molecule has 0 aliphatic carbocycles. The van der Waals surface area contributed by atoms with Crippen LogP contribution in [0.1, 0.15) is 13.8 Å². The largest absolute Gasteiger partial charge is 0.462 e. The molecule has 102 valence electrons. The predicted molar refractivity (Wildman–Crippen MR) is 73.2 cm³/mol. The second kappa shape index (κ2) is 6.33. The lowest BCUT2D eigenvalue weighted by molar-refractivity contribution is -0.139. The molecule has 0 aliphatic rings. The van der Waals surface area contributed by atoms with E-state index in [-0.39, 0.29) is 16.4 Å². The van der Waals surface area contributed by atoms with Gasteiger partial charge in [0.2, 0.25) is 9.84 Å². The van der Waals surface area contributed by atoms with Crippen molar-refractivity contribution in [3.05, 3.63) is 53.5 Å². The molecule has 0 heterocycles. The smallest absolute Gasteiger partial charge is 0.302 e. The SMILES string of the molecule is C=C(/C(C)=C/COC(C)=O)S(=O)(=O)c1ccccc1. The molecular weight excluding hydrogens is 264 g/mol. The van der Waals surface area contributed by atoms with Gasteiger partial charge in [0.25, 0.3) is 0 Å². The molecule has 4 nitrogen and oxygen atoms in total. The van der Waals surface area contributed by atoms with Crippen LogP contribution in [-0.4, -0.2) is 21.0 Å². The highest BCUT2D eigenvalue weighted by atomic mass is 32.2. The molecular formula is C14H16O4S. The molecule has 1 aromatic carbocycles. The lowest BCUT2D eigenvalue weighted by atomic mass is 10.3. The van der Waals surface area contributed by atoms with Crippen LogP contribution in [0.4, 0.5) is 0 Å². The number of ether oxygens (including phenoxy) is 1. The van der Waals surface area contributed by atoms with E-state index in [0.717, 1.165) is 0 Å². The first-order valence-electron chi connectivity index (χ1n) is 5.65. The molecule has 0 saturated heterocycles. The second-order valence-corrected chi connectivity index (χ2v) is 5.90. The van der Waals surface area contributed by atoms with Gasteiger partial charge in [-0.15, -0.1) is 0 Å². The number of benzene rings is 1. The van der Waals surface area contributed by atoms with Crippen LogP contribution in [0.25, 0.3) is 0 Å². The summed E-state index contributed by atoms with van der Waals surface area (Å²) in [7, 11) is -3.59. The Morgan fingerprint density at radius 2 is 1.84 bits per heavy atom. The van der Waals surface area contributed by atoms with Crippen LogP contribution < -0.4 is 0 Å². The average molecular weight is 280 g/mol. The van der Waals surface area contributed by atoms with Crippen LogP contribution in [-0.2, 0) is 19.4 Å². The van der Waals surface area contributed by atoms with E-state index in [0.29, 0.717) is 5.57 Å². The molecule has 0 aromatic heterocycles. The van der Waals surface area contributed by atoms with E-state index in [1.54, 1.807) is 25.1 Å². The number of carbonyl (C=O) groups excluding carboxylic acids is 1. The zero-order chi connectivity index (χ0) is 14.5. The average Bonchev–Trinajstić information content (AvgIpc) is 2.38. The van der Waals surface area contributed by atoms with E-state index in [2.05, 4.69) is 6.58 Å². The Labute approximate surface area is 113 Å². The highest BCUT2D eigenvalue weighted by molar-refractivity contribution is 7.95. The molecule has 0 saturated carbocycles. The number of allylic oxidation sites excluding steroid dienone is 1. The quantitative estimate of drug-likeness (QED) is 0.614. The van der Waals surface area contributed by atoms with Crippen LogP contribution in [0, 0.1) is 0 Å². The Morgan fingerprint density at radius 1 is 1.26 bits per heavy atom. The molecule has 0 aliphatic heterocycles. The molecule has 0 amide bonds. The van der Waals surface area contributed by atoms with Crippen molar-refractivity contribution in [2.45, 2.75) is 18.7 Å². The Balaban J connectivity index is 2.91. The van der Waals surface area contributed by atoms with E-state index in [4.69, 9.17) is 4.74 Å². The van der Waals surface area contributed by atoms with Gasteiger partial charge in [-0.05, 0) is 30.7 Å². The maximum Gasteiger partial charge on any atom is 0.302 e. The van der Waals surface area contributed by atoms with Crippen LogP contribution in [0.15, 0.2) is 58.4 Å². The van der Waals surface area contributed by atoms with Crippen molar-refractivity contribution < 1.29 is 17.9 Å². The van der Waals surface area contributed by atoms with Crippen molar-refractivity contribution in [3.63, 3.8) is 0 Å². The number of sulfone groups is 1. The summed E-state index contributed by atoms with van der Waals surface area (Å²) in [5.74, 6) is -0.416. The third kappa shape index (κ3) is 4.06. The maximum absolute atomic E-state index is 12.2. The van der Waals surface area contributed by atoms with Crippen molar-refractivity contribution in [1.29, 1.82) is 0 Å². The predicted octanol–water partition coefficient (Wildman–Crippen LogP) is 2.48. The van der Waals surface area contributed by atoms with Crippen molar-refractivity contribution >= 4 is 15.8 Å². The fourth-order valence-corrected chi connectivity index (χ4v) is 2.66. The maximum atomic E-state index is 12.2. The third-order valence-corrected chi connectivity index (χ3v) is 4.36. The zero-order valence-corrected chi connectivity index (χ0v) is 11.7. The summed E-state index contributed by atoms with van der Waals surface area (Å²) in [4.78, 5) is 10.8. The summed E-state index contributed by atoms with van der Waals surface area (Å²) in [5.41, 5.74) is 0.463. The van der Waals surface area contributed by atoms with E-state index in [1.165, 1.54) is 25.1 Å². The normalized spacial score (nSPS) is 12.0. The van der Waals surface area contributed by atoms with Crippen molar-refractivity contribution in [1.82, 2.24) is 0 Å². The van der Waals surface area contributed by atoms with Crippen molar-refractivity contribution in [2.75, 3.05) is 6.61 Å². The molecule has 0 radical (unpaired) electrons. The highest BCUT2D eigenvalue weighted by Gasteiger charge is 2.19. The minimum atomic E-state index is -3.59. The monoisotopic (exact) mass is 280 g/mol. The fraction of sp³-hybridized carbons (Fsp3) is 0.214. The highest BCUT2D eigenvalue weighted by Crippen LogP contribution is 2.22. The van der Waals surface area contributed by atoms with Gasteiger partial charge in [0.05, 0.1) is 9.80 Å². The Morgan fingerprint density at radius 3 is 2.37 bits per heavy atom. The third-order valence-electron chi connectivity index (χ3n) is 2.49. The van der Waals surface area contributed by atoms with Crippen LogP contribution in [0.2, 0.25) is 0 Å². The first-order chi connectivity index (χ1) is 8.85. The summed E-state index contributed by atoms with van der Waals surface area (Å²) < 4.78 is 29.2. The number of carbonyl (C=O) groups is 1. The Kier molecular flexibility index (Phi) is 5.06. The summed E-state index contributed by atoms with van der Waals surface area (Å²) in [5, 5.41) is 0. The standard InChI is InChI=1S/C14H16O4S/c1-11(9-10-18-13(3)15)12(2)19(16,17)14-7-5-4-6-8-14/h4-9H,2,10H2,1,3H3/b11-9+. The van der Waals surface area contributed by atoms with E-state index in [9.17, 15) is 13.2 Å². The van der Waals surface area contributed by atoms with Gasteiger partial charge in [0, 0.05) is 6.92 Å². The van der Waals surface area contributed by atoms with Crippen LogP contribution >= 0.6 is 0 Å². The number of hydrogen-bond acceptors (Lipinski definition) is 4. The summed E-state index contributed by atoms with van der Waals surface area (Å²) in [6.45, 7) is 6.54. The zero-order valence-electron chi connectivity index (χ0n) is 10.9. The number of esters is 1. The van der Waals surface area contributed by atoms with Gasteiger partial charge in [0.15, 0.2) is 0 Å². The summed E-state index contributed by atoms with van der Waals surface area (Å²) >= 11 is 0. The lowest BCUT2D eigenvalue weighted by Gasteiger charge is -2.08. The van der Waals surface area contributed by atoms with E-state index < -0.39 is 15.8 Å². The topological polar surface area (TPSA) is 60.4 Å². The molecule has 0 N–H and O–H groups in total. The minimum Gasteiger partial charge on any atom is -0.462 e. The van der Waals surface area contributed by atoms with Gasteiger partial charge in [-0.2, -0.15) is 0 Å². The van der Waals surface area contributed by atoms with Crippen LogP contribution in [0.5, 0.6) is 0 Å². The van der Waals surface area contributed by atoms with Gasteiger partial charge in [-0.25, -0.2) is 8.42 Å². The van der Waals surface area contributed by atoms with Gasteiger partial charge in [-0.3, -0.25) is 4.79 Å². The lowest BCUT2D eigenvalue weighted by Crippen LogP contribution is -2.06. The van der Waals surface area contributed by atoms with Gasteiger partial charge >= 0.3 is 5.97 Å². The molecule has 1 aromatic rings. The first-order valence-corrected chi connectivity index (χ1v) is 7.13. The van der Waals surface area contributed by atoms with Crippen molar-refractivity contribution in [3.8, 4) is 0 Å². The van der Waals surface area contributed by atoms with Gasteiger partial charge in [-0.1, -0.05) is 24.8 Å².